The molecule has 2 heterocycles. The molecule has 0 unspecified atom stereocenters. The average Bonchev–Trinajstić information content (AvgIpc) is 2.86. The maximum atomic E-state index is 13.1. The minimum absolute atomic E-state index is 0.0853. The summed E-state index contributed by atoms with van der Waals surface area (Å²) in [6.07, 6.45) is -0.422. The lowest BCUT2D eigenvalue weighted by atomic mass is 10.0. The van der Waals surface area contributed by atoms with E-state index in [1.54, 1.807) is 36.3 Å². The van der Waals surface area contributed by atoms with Crippen LogP contribution in [-0.4, -0.2) is 55.0 Å². The first-order chi connectivity index (χ1) is 16.0. The van der Waals surface area contributed by atoms with Crippen LogP contribution in [0.5, 0.6) is 5.75 Å². The second-order valence-electron chi connectivity index (χ2n) is 8.56. The Bertz CT molecular complexity index is 1160. The molecule has 3 aromatic rings. The van der Waals surface area contributed by atoms with Crippen molar-refractivity contribution in [3.8, 4) is 5.75 Å². The van der Waals surface area contributed by atoms with Gasteiger partial charge in [-0.2, -0.15) is 0 Å². The lowest BCUT2D eigenvalue weighted by Gasteiger charge is -2.33. The lowest BCUT2D eigenvalue weighted by molar-refractivity contribution is -0.0246. The molecule has 1 saturated heterocycles. The number of rotatable bonds is 6. The summed E-state index contributed by atoms with van der Waals surface area (Å²) < 4.78 is 11.2. The third kappa shape index (κ3) is 5.14. The molecule has 2 aromatic carbocycles. The van der Waals surface area contributed by atoms with E-state index in [-0.39, 0.29) is 11.8 Å². The quantitative estimate of drug-likeness (QED) is 0.621. The molecular formula is C26H29N3O4. The van der Waals surface area contributed by atoms with Crippen LogP contribution in [0, 0.1) is 5.92 Å². The molecule has 172 valence electrons. The summed E-state index contributed by atoms with van der Waals surface area (Å²) in [6, 6.07) is 16.5. The number of methoxy groups -OCH3 is 1. The average molecular weight is 448 g/mol. The van der Waals surface area contributed by atoms with Crippen molar-refractivity contribution >= 4 is 22.7 Å². The van der Waals surface area contributed by atoms with Gasteiger partial charge in [-0.25, -0.2) is 4.98 Å². The molecule has 0 spiro atoms. The van der Waals surface area contributed by atoms with Gasteiger partial charge in [0.15, 0.2) is 0 Å². The molecule has 0 aliphatic carbocycles. The summed E-state index contributed by atoms with van der Waals surface area (Å²) in [4.78, 5) is 32.6. The van der Waals surface area contributed by atoms with Gasteiger partial charge in [0.2, 0.25) is 0 Å². The minimum atomic E-state index is -0.422. The number of amides is 2. The smallest absolute Gasteiger partial charge is 0.254 e. The fraction of sp³-hybridized carbons (Fsp3) is 0.346. The zero-order valence-corrected chi connectivity index (χ0v) is 19.2. The number of hydrogen-bond acceptors (Lipinski definition) is 5. The summed E-state index contributed by atoms with van der Waals surface area (Å²) in [5, 5.41) is 3.79. The highest BCUT2D eigenvalue weighted by molar-refractivity contribution is 6.06. The summed E-state index contributed by atoms with van der Waals surface area (Å²) >= 11 is 0. The highest BCUT2D eigenvalue weighted by atomic mass is 16.5. The van der Waals surface area contributed by atoms with E-state index in [4.69, 9.17) is 14.5 Å². The van der Waals surface area contributed by atoms with E-state index in [9.17, 15) is 9.59 Å². The number of benzene rings is 2. The number of ether oxygens (including phenoxy) is 2. The second-order valence-corrected chi connectivity index (χ2v) is 8.56. The predicted octanol–water partition coefficient (Wildman–Crippen LogP) is 3.84. The van der Waals surface area contributed by atoms with Gasteiger partial charge in [0.25, 0.3) is 11.8 Å². The van der Waals surface area contributed by atoms with Gasteiger partial charge in [-0.15, -0.1) is 0 Å². The van der Waals surface area contributed by atoms with Crippen LogP contribution in [0.4, 0.5) is 0 Å². The van der Waals surface area contributed by atoms with Gasteiger partial charge in [-0.1, -0.05) is 38.1 Å². The van der Waals surface area contributed by atoms with Gasteiger partial charge < -0.3 is 19.7 Å². The zero-order chi connectivity index (χ0) is 23.4. The Labute approximate surface area is 193 Å². The number of carbonyl (C=O) groups excluding carboxylic acids is 2. The van der Waals surface area contributed by atoms with Crippen molar-refractivity contribution in [3.63, 3.8) is 0 Å². The maximum absolute atomic E-state index is 13.1. The molecule has 0 saturated carbocycles. The summed E-state index contributed by atoms with van der Waals surface area (Å²) in [5.41, 5.74) is 2.50. The number of pyridine rings is 1. The molecule has 0 radical (unpaired) electrons. The number of aromatic nitrogens is 1. The van der Waals surface area contributed by atoms with E-state index in [1.165, 1.54) is 0 Å². The largest absolute Gasteiger partial charge is 0.497 e. The number of fused-ring (bicyclic) bond motifs is 1. The SMILES string of the molecule is COc1cccc(C(=O)N2CCO[C@H](c3cc(C(=O)NCC(C)C)c4ccccc4n3)C2)c1. The number of morpholine rings is 1. The van der Waals surface area contributed by atoms with Crippen molar-refractivity contribution in [2.45, 2.75) is 20.0 Å². The molecule has 4 rings (SSSR count). The molecule has 1 aliphatic rings. The molecule has 1 aliphatic heterocycles. The van der Waals surface area contributed by atoms with Crippen LogP contribution >= 0.6 is 0 Å². The number of nitrogens with zero attached hydrogens (tertiary/aromatic N) is 2. The fourth-order valence-corrected chi connectivity index (χ4v) is 3.89. The van der Waals surface area contributed by atoms with Crippen molar-refractivity contribution in [2.24, 2.45) is 5.92 Å². The zero-order valence-electron chi connectivity index (χ0n) is 19.2. The molecule has 1 N–H and O–H groups in total. The van der Waals surface area contributed by atoms with Crippen molar-refractivity contribution in [1.82, 2.24) is 15.2 Å². The van der Waals surface area contributed by atoms with E-state index in [0.29, 0.717) is 54.7 Å². The molecule has 1 atom stereocenters. The Morgan fingerprint density at radius 2 is 2.00 bits per heavy atom. The molecule has 33 heavy (non-hydrogen) atoms. The Morgan fingerprint density at radius 1 is 1.18 bits per heavy atom. The standard InChI is InChI=1S/C26H29N3O4/c1-17(2)15-27-25(30)21-14-23(28-22-10-5-4-9-20(21)22)24-16-29(11-12-33-24)26(31)18-7-6-8-19(13-18)32-3/h4-10,13-14,17,24H,11-12,15-16H2,1-3H3,(H,27,30)/t24-/m0/s1. The van der Waals surface area contributed by atoms with E-state index < -0.39 is 6.10 Å². The Hall–Kier alpha value is -3.45. The van der Waals surface area contributed by atoms with Crippen LogP contribution < -0.4 is 10.1 Å². The molecule has 1 aromatic heterocycles. The first kappa shape index (κ1) is 22.7. The van der Waals surface area contributed by atoms with Crippen LogP contribution in [0.2, 0.25) is 0 Å². The molecular weight excluding hydrogens is 418 g/mol. The van der Waals surface area contributed by atoms with Crippen molar-refractivity contribution in [3.05, 3.63) is 71.4 Å². The molecule has 2 amide bonds. The highest BCUT2D eigenvalue weighted by Gasteiger charge is 2.28. The first-order valence-corrected chi connectivity index (χ1v) is 11.2. The van der Waals surface area contributed by atoms with Gasteiger partial charge in [-0.05, 0) is 36.2 Å². The first-order valence-electron chi connectivity index (χ1n) is 11.2. The lowest BCUT2D eigenvalue weighted by Crippen LogP contribution is -2.42. The minimum Gasteiger partial charge on any atom is -0.497 e. The third-order valence-electron chi connectivity index (χ3n) is 5.65. The molecule has 0 bridgehead atoms. The number of nitrogens with one attached hydrogen (secondary N) is 1. The fourth-order valence-electron chi connectivity index (χ4n) is 3.89. The van der Waals surface area contributed by atoms with Crippen molar-refractivity contribution < 1.29 is 19.1 Å². The van der Waals surface area contributed by atoms with E-state index in [0.717, 1.165) is 10.9 Å². The Morgan fingerprint density at radius 3 is 2.79 bits per heavy atom. The van der Waals surface area contributed by atoms with Crippen LogP contribution in [0.15, 0.2) is 54.6 Å². The van der Waals surface area contributed by atoms with Crippen molar-refractivity contribution in [2.75, 3.05) is 33.4 Å². The number of carbonyl (C=O) groups is 2. The Balaban J connectivity index is 1.61. The van der Waals surface area contributed by atoms with Crippen LogP contribution in [0.25, 0.3) is 10.9 Å². The molecule has 1 fully saturated rings. The Kier molecular flexibility index (Phi) is 6.89. The van der Waals surface area contributed by atoms with Gasteiger partial charge in [0, 0.05) is 24.0 Å². The highest BCUT2D eigenvalue weighted by Crippen LogP contribution is 2.27. The van der Waals surface area contributed by atoms with Crippen LogP contribution in [0.1, 0.15) is 46.4 Å². The second kappa shape index (κ2) is 10.0. The number of hydrogen-bond donors (Lipinski definition) is 1. The van der Waals surface area contributed by atoms with Gasteiger partial charge in [-0.3, -0.25) is 9.59 Å². The number of para-hydroxylation sites is 1. The monoisotopic (exact) mass is 447 g/mol. The van der Waals surface area contributed by atoms with Crippen LogP contribution in [0.3, 0.4) is 0 Å². The predicted molar refractivity (Wildman–Crippen MR) is 127 cm³/mol. The van der Waals surface area contributed by atoms with Gasteiger partial charge >= 0.3 is 0 Å². The third-order valence-corrected chi connectivity index (χ3v) is 5.65. The van der Waals surface area contributed by atoms with Gasteiger partial charge in [0.05, 0.1) is 37.0 Å². The summed E-state index contributed by atoms with van der Waals surface area (Å²) in [6.45, 7) is 5.94. The summed E-state index contributed by atoms with van der Waals surface area (Å²) in [5.74, 6) is 0.764. The van der Waals surface area contributed by atoms with Crippen molar-refractivity contribution in [1.29, 1.82) is 0 Å². The van der Waals surface area contributed by atoms with E-state index >= 15 is 0 Å². The van der Waals surface area contributed by atoms with E-state index in [1.807, 2.05) is 30.3 Å². The summed E-state index contributed by atoms with van der Waals surface area (Å²) in [7, 11) is 1.58. The van der Waals surface area contributed by atoms with E-state index in [2.05, 4.69) is 19.2 Å². The molecule has 7 nitrogen and oxygen atoms in total. The topological polar surface area (TPSA) is 80.8 Å². The normalized spacial score (nSPS) is 16.1. The molecule has 7 heteroatoms. The van der Waals surface area contributed by atoms with Gasteiger partial charge in [0.1, 0.15) is 11.9 Å². The van der Waals surface area contributed by atoms with Crippen LogP contribution in [-0.2, 0) is 4.74 Å². The maximum Gasteiger partial charge on any atom is 0.254 e.